The Morgan fingerprint density at radius 2 is 2.37 bits per heavy atom. The second-order valence-electron chi connectivity index (χ2n) is 4.77. The van der Waals surface area contributed by atoms with Crippen molar-refractivity contribution in [2.75, 3.05) is 33.4 Å². The molecule has 19 heavy (non-hydrogen) atoms. The first-order valence-corrected chi connectivity index (χ1v) is 6.29. The third-order valence-electron chi connectivity index (χ3n) is 3.11. The highest BCUT2D eigenvalue weighted by Gasteiger charge is 2.19. The van der Waals surface area contributed by atoms with Crippen LogP contribution in [0, 0.1) is 5.82 Å². The van der Waals surface area contributed by atoms with Gasteiger partial charge in [-0.1, -0.05) is 0 Å². The van der Waals surface area contributed by atoms with Gasteiger partial charge in [0.15, 0.2) is 17.3 Å². The minimum absolute atomic E-state index is 0.0503. The molecule has 0 aromatic heterocycles. The quantitative estimate of drug-likeness (QED) is 0.779. The number of hydrogen-bond acceptors (Lipinski definition) is 4. The number of ketones is 1. The maximum Gasteiger partial charge on any atom is 0.165 e. The van der Waals surface area contributed by atoms with Crippen LogP contribution in [-0.4, -0.2) is 50.1 Å². The number of rotatable bonds is 4. The van der Waals surface area contributed by atoms with Gasteiger partial charge in [-0.3, -0.25) is 4.79 Å². The van der Waals surface area contributed by atoms with E-state index in [1.165, 1.54) is 19.1 Å². The van der Waals surface area contributed by atoms with Gasteiger partial charge in [-0.2, -0.15) is 0 Å². The molecule has 5 heteroatoms. The van der Waals surface area contributed by atoms with Gasteiger partial charge in [0.05, 0.1) is 6.61 Å². The van der Waals surface area contributed by atoms with Crippen molar-refractivity contribution in [2.24, 2.45) is 0 Å². The summed E-state index contributed by atoms with van der Waals surface area (Å²) in [5, 5.41) is 0. The third-order valence-corrected chi connectivity index (χ3v) is 3.11. The molecule has 1 atom stereocenters. The fourth-order valence-corrected chi connectivity index (χ4v) is 1.99. The van der Waals surface area contributed by atoms with E-state index in [1.807, 2.05) is 7.05 Å². The molecule has 1 aromatic rings. The van der Waals surface area contributed by atoms with Crippen molar-refractivity contribution in [2.45, 2.75) is 13.0 Å². The molecule has 0 amide bonds. The molecule has 0 spiro atoms. The second-order valence-corrected chi connectivity index (χ2v) is 4.77. The lowest BCUT2D eigenvalue weighted by molar-refractivity contribution is -0.0408. The first-order valence-electron chi connectivity index (χ1n) is 6.29. The first kappa shape index (κ1) is 14.0. The molecule has 104 valence electrons. The van der Waals surface area contributed by atoms with Gasteiger partial charge in [0.25, 0.3) is 0 Å². The highest BCUT2D eigenvalue weighted by molar-refractivity contribution is 5.94. The maximum absolute atomic E-state index is 13.7. The lowest BCUT2D eigenvalue weighted by atomic mass is 10.1. The van der Waals surface area contributed by atoms with Crippen LogP contribution in [-0.2, 0) is 4.74 Å². The van der Waals surface area contributed by atoms with Crippen LogP contribution in [0.25, 0.3) is 0 Å². The van der Waals surface area contributed by atoms with E-state index in [4.69, 9.17) is 9.47 Å². The number of likely N-dealkylation sites (N-methyl/N-ethyl adjacent to an activating group) is 1. The fraction of sp³-hybridized carbons (Fsp3) is 0.500. The molecule has 0 saturated carbocycles. The predicted octanol–water partition coefficient (Wildman–Crippen LogP) is 1.74. The Morgan fingerprint density at radius 1 is 1.58 bits per heavy atom. The van der Waals surface area contributed by atoms with Gasteiger partial charge in [0, 0.05) is 18.7 Å². The van der Waals surface area contributed by atoms with E-state index < -0.39 is 5.82 Å². The normalized spacial score (nSPS) is 20.3. The van der Waals surface area contributed by atoms with E-state index >= 15 is 0 Å². The Balaban J connectivity index is 1.94. The minimum atomic E-state index is -0.517. The molecule has 0 N–H and O–H groups in total. The summed E-state index contributed by atoms with van der Waals surface area (Å²) in [7, 11) is 2.01. The Morgan fingerprint density at radius 3 is 3.00 bits per heavy atom. The molecule has 1 heterocycles. The maximum atomic E-state index is 13.7. The smallest absolute Gasteiger partial charge is 0.165 e. The Labute approximate surface area is 112 Å². The number of nitrogens with zero attached hydrogens (tertiary/aromatic N) is 1. The van der Waals surface area contributed by atoms with Crippen LogP contribution in [0.5, 0.6) is 5.75 Å². The molecule has 2 rings (SSSR count). The largest absolute Gasteiger partial charge is 0.488 e. The van der Waals surface area contributed by atoms with Crippen LogP contribution in [0.2, 0.25) is 0 Å². The number of carbonyl (C=O) groups excluding carboxylic acids is 1. The number of morpholine rings is 1. The summed E-state index contributed by atoms with van der Waals surface area (Å²) < 4.78 is 24.7. The van der Waals surface area contributed by atoms with Crippen LogP contribution < -0.4 is 4.74 Å². The highest BCUT2D eigenvalue weighted by Crippen LogP contribution is 2.19. The Hall–Kier alpha value is -1.46. The Bertz CT molecular complexity index is 464. The van der Waals surface area contributed by atoms with Gasteiger partial charge in [-0.05, 0) is 32.2 Å². The Kier molecular flexibility index (Phi) is 4.50. The summed E-state index contributed by atoms with van der Waals surface area (Å²) in [6.07, 6.45) is -0.0503. The van der Waals surface area contributed by atoms with Gasteiger partial charge in [-0.15, -0.1) is 0 Å². The van der Waals surface area contributed by atoms with E-state index in [1.54, 1.807) is 6.07 Å². The van der Waals surface area contributed by atoms with Crippen molar-refractivity contribution in [3.8, 4) is 5.75 Å². The molecule has 1 aliphatic rings. The summed E-state index contributed by atoms with van der Waals surface area (Å²) >= 11 is 0. The summed E-state index contributed by atoms with van der Waals surface area (Å²) in [5.41, 5.74) is 0.346. The van der Waals surface area contributed by atoms with E-state index in [0.717, 1.165) is 13.1 Å². The topological polar surface area (TPSA) is 38.8 Å². The molecule has 4 nitrogen and oxygen atoms in total. The number of halogens is 1. The molecule has 0 radical (unpaired) electrons. The van der Waals surface area contributed by atoms with Gasteiger partial charge >= 0.3 is 0 Å². The van der Waals surface area contributed by atoms with Crippen LogP contribution in [0.3, 0.4) is 0 Å². The molecule has 0 bridgehead atoms. The number of ether oxygens (including phenoxy) is 2. The van der Waals surface area contributed by atoms with Crippen LogP contribution in [0.4, 0.5) is 4.39 Å². The van der Waals surface area contributed by atoms with E-state index in [2.05, 4.69) is 4.90 Å². The standard InChI is InChI=1S/C14H18FNO3/c1-10(17)11-3-4-14(13(15)7-11)19-9-12-8-16(2)5-6-18-12/h3-4,7,12H,5-6,8-9H2,1-2H3. The zero-order valence-electron chi connectivity index (χ0n) is 11.2. The first-order chi connectivity index (χ1) is 9.06. The van der Waals surface area contributed by atoms with Gasteiger partial charge in [0.1, 0.15) is 12.7 Å². The van der Waals surface area contributed by atoms with Gasteiger partial charge < -0.3 is 14.4 Å². The van der Waals surface area contributed by atoms with Crippen molar-refractivity contribution in [3.05, 3.63) is 29.6 Å². The summed E-state index contributed by atoms with van der Waals surface area (Å²) in [6, 6.07) is 4.25. The molecule has 1 aliphatic heterocycles. The SMILES string of the molecule is CC(=O)c1ccc(OCC2CN(C)CCO2)c(F)c1. The molecular formula is C14H18FNO3. The molecule has 0 aliphatic carbocycles. The van der Waals surface area contributed by atoms with E-state index in [9.17, 15) is 9.18 Å². The monoisotopic (exact) mass is 267 g/mol. The second kappa shape index (κ2) is 6.12. The van der Waals surface area contributed by atoms with Crippen molar-refractivity contribution in [1.82, 2.24) is 4.90 Å². The van der Waals surface area contributed by atoms with Crippen LogP contribution >= 0.6 is 0 Å². The average Bonchev–Trinajstić information content (AvgIpc) is 2.37. The molecule has 1 unspecified atom stereocenters. The minimum Gasteiger partial charge on any atom is -0.488 e. The van der Waals surface area contributed by atoms with Gasteiger partial charge in [-0.25, -0.2) is 4.39 Å². The van der Waals surface area contributed by atoms with Gasteiger partial charge in [0.2, 0.25) is 0 Å². The number of benzene rings is 1. The lowest BCUT2D eigenvalue weighted by Gasteiger charge is -2.29. The summed E-state index contributed by atoms with van der Waals surface area (Å²) in [6.45, 7) is 4.04. The fourth-order valence-electron chi connectivity index (χ4n) is 1.99. The number of Topliss-reactive ketones (excluding diaryl/α,β-unsaturated/α-hetero) is 1. The number of carbonyl (C=O) groups is 1. The van der Waals surface area contributed by atoms with Crippen LogP contribution in [0.1, 0.15) is 17.3 Å². The molecular weight excluding hydrogens is 249 g/mol. The highest BCUT2D eigenvalue weighted by atomic mass is 19.1. The van der Waals surface area contributed by atoms with Crippen molar-refractivity contribution < 1.29 is 18.7 Å². The third kappa shape index (κ3) is 3.75. The average molecular weight is 267 g/mol. The summed E-state index contributed by atoms with van der Waals surface area (Å²) in [4.78, 5) is 13.3. The van der Waals surface area contributed by atoms with Crippen molar-refractivity contribution in [3.63, 3.8) is 0 Å². The molecule has 1 saturated heterocycles. The van der Waals surface area contributed by atoms with E-state index in [-0.39, 0.29) is 17.6 Å². The van der Waals surface area contributed by atoms with Crippen molar-refractivity contribution >= 4 is 5.78 Å². The molecule has 1 aromatic carbocycles. The zero-order valence-corrected chi connectivity index (χ0v) is 11.2. The van der Waals surface area contributed by atoms with E-state index in [0.29, 0.717) is 18.8 Å². The number of hydrogen-bond donors (Lipinski definition) is 0. The zero-order chi connectivity index (χ0) is 13.8. The lowest BCUT2D eigenvalue weighted by Crippen LogP contribution is -2.42. The predicted molar refractivity (Wildman–Crippen MR) is 69.1 cm³/mol. The van der Waals surface area contributed by atoms with Crippen LogP contribution in [0.15, 0.2) is 18.2 Å². The molecule has 1 fully saturated rings. The summed E-state index contributed by atoms with van der Waals surface area (Å²) in [5.74, 6) is -0.527. The van der Waals surface area contributed by atoms with Crippen molar-refractivity contribution in [1.29, 1.82) is 0 Å².